The Hall–Kier alpha value is -1.52. The third-order valence-corrected chi connectivity index (χ3v) is 3.37. The van der Waals surface area contributed by atoms with Crippen molar-refractivity contribution in [3.05, 3.63) is 63.1 Å². The summed E-state index contributed by atoms with van der Waals surface area (Å²) in [5.74, 6) is 0.626. The summed E-state index contributed by atoms with van der Waals surface area (Å²) in [5, 5.41) is 12.3. The summed E-state index contributed by atoms with van der Waals surface area (Å²) in [7, 11) is 0. The molecule has 2 aromatic carbocycles. The predicted octanol–water partition coefficient (Wildman–Crippen LogP) is 4.49. The molecule has 2 aromatic rings. The Labute approximate surface area is 124 Å². The molecule has 1 N–H and O–H groups in total. The molecule has 0 aliphatic rings. The van der Waals surface area contributed by atoms with E-state index in [1.54, 1.807) is 6.07 Å². The fraction of sp³-hybridized carbons (Fsp3) is 0.0714. The molecule has 0 aliphatic carbocycles. The molecule has 0 amide bonds. The Kier molecular flexibility index (Phi) is 4.82. The van der Waals surface area contributed by atoms with Crippen LogP contribution in [0.2, 0.25) is 5.02 Å². The van der Waals surface area contributed by atoms with Gasteiger partial charge in [-0.3, -0.25) is 0 Å². The SMILES string of the molecule is ON=Cc1cc(Br)ccc1OCc1ccccc1Cl. The summed E-state index contributed by atoms with van der Waals surface area (Å²) in [6.07, 6.45) is 1.33. The Balaban J connectivity index is 2.18. The van der Waals surface area contributed by atoms with E-state index in [1.165, 1.54) is 6.21 Å². The summed E-state index contributed by atoms with van der Waals surface area (Å²) in [5.41, 5.74) is 1.59. The van der Waals surface area contributed by atoms with Crippen LogP contribution in [0.25, 0.3) is 0 Å². The first kappa shape index (κ1) is 13.9. The molecule has 0 aliphatic heterocycles. The van der Waals surface area contributed by atoms with Crippen LogP contribution in [0, 0.1) is 0 Å². The Morgan fingerprint density at radius 2 is 2.05 bits per heavy atom. The molecule has 5 heteroatoms. The van der Waals surface area contributed by atoms with Crippen LogP contribution in [-0.4, -0.2) is 11.4 Å². The minimum atomic E-state index is 0.355. The zero-order valence-corrected chi connectivity index (χ0v) is 12.2. The molecule has 0 unspecified atom stereocenters. The van der Waals surface area contributed by atoms with Crippen LogP contribution in [0.15, 0.2) is 52.1 Å². The van der Waals surface area contributed by atoms with Crippen molar-refractivity contribution < 1.29 is 9.94 Å². The summed E-state index contributed by atoms with van der Waals surface area (Å²) in [6, 6.07) is 13.0. The van der Waals surface area contributed by atoms with E-state index in [4.69, 9.17) is 21.5 Å². The van der Waals surface area contributed by atoms with E-state index in [9.17, 15) is 0 Å². The van der Waals surface area contributed by atoms with Crippen LogP contribution in [0.5, 0.6) is 5.75 Å². The van der Waals surface area contributed by atoms with Crippen LogP contribution < -0.4 is 4.74 Å². The fourth-order valence-corrected chi connectivity index (χ4v) is 2.15. The van der Waals surface area contributed by atoms with Crippen molar-refractivity contribution in [2.45, 2.75) is 6.61 Å². The molecule has 0 saturated heterocycles. The van der Waals surface area contributed by atoms with E-state index in [2.05, 4.69) is 21.1 Å². The first-order valence-corrected chi connectivity index (χ1v) is 6.71. The van der Waals surface area contributed by atoms with Gasteiger partial charge in [0, 0.05) is 20.6 Å². The summed E-state index contributed by atoms with van der Waals surface area (Å²) in [4.78, 5) is 0. The van der Waals surface area contributed by atoms with Crippen LogP contribution in [0.4, 0.5) is 0 Å². The fourth-order valence-electron chi connectivity index (χ4n) is 1.58. The molecule has 0 saturated carbocycles. The van der Waals surface area contributed by atoms with Crippen LogP contribution in [0.3, 0.4) is 0 Å². The lowest BCUT2D eigenvalue weighted by molar-refractivity contribution is 0.304. The maximum atomic E-state index is 8.64. The number of hydrogen-bond donors (Lipinski definition) is 1. The van der Waals surface area contributed by atoms with E-state index < -0.39 is 0 Å². The average Bonchev–Trinajstić information content (AvgIpc) is 2.40. The van der Waals surface area contributed by atoms with Gasteiger partial charge in [0.05, 0.1) is 6.21 Å². The Morgan fingerprint density at radius 3 is 2.79 bits per heavy atom. The molecule has 3 nitrogen and oxygen atoms in total. The molecule has 0 atom stereocenters. The Bertz CT molecular complexity index is 602. The van der Waals surface area contributed by atoms with Crippen molar-refractivity contribution in [3.8, 4) is 5.75 Å². The number of ether oxygens (including phenoxy) is 1. The number of rotatable bonds is 4. The quantitative estimate of drug-likeness (QED) is 0.506. The summed E-state index contributed by atoms with van der Waals surface area (Å²) in [6.45, 7) is 0.355. The number of halogens is 2. The van der Waals surface area contributed by atoms with Crippen molar-refractivity contribution in [2.24, 2.45) is 5.16 Å². The van der Waals surface area contributed by atoms with Gasteiger partial charge < -0.3 is 9.94 Å². The highest BCUT2D eigenvalue weighted by Crippen LogP contribution is 2.24. The maximum Gasteiger partial charge on any atom is 0.128 e. The molecule has 0 radical (unpaired) electrons. The predicted molar refractivity (Wildman–Crippen MR) is 79.3 cm³/mol. The van der Waals surface area contributed by atoms with Gasteiger partial charge in [0.2, 0.25) is 0 Å². The largest absolute Gasteiger partial charge is 0.488 e. The zero-order valence-electron chi connectivity index (χ0n) is 9.88. The minimum Gasteiger partial charge on any atom is -0.488 e. The van der Waals surface area contributed by atoms with E-state index in [0.717, 1.165) is 10.0 Å². The summed E-state index contributed by atoms with van der Waals surface area (Å²) >= 11 is 9.42. The second kappa shape index (κ2) is 6.59. The van der Waals surface area contributed by atoms with Crippen molar-refractivity contribution >= 4 is 33.7 Å². The smallest absolute Gasteiger partial charge is 0.128 e. The molecule has 0 bridgehead atoms. The van der Waals surface area contributed by atoms with Crippen molar-refractivity contribution in [2.75, 3.05) is 0 Å². The number of oxime groups is 1. The van der Waals surface area contributed by atoms with Gasteiger partial charge in [-0.1, -0.05) is 50.9 Å². The van der Waals surface area contributed by atoms with Gasteiger partial charge in [0.15, 0.2) is 0 Å². The lowest BCUT2D eigenvalue weighted by Gasteiger charge is -2.10. The molecule has 0 aromatic heterocycles. The van der Waals surface area contributed by atoms with Gasteiger partial charge in [-0.2, -0.15) is 0 Å². The molecular formula is C14H11BrClNO2. The standard InChI is InChI=1S/C14H11BrClNO2/c15-12-5-6-14(11(7-12)8-17-18)19-9-10-3-1-2-4-13(10)16/h1-8,18H,9H2. The van der Waals surface area contributed by atoms with Crippen LogP contribution in [0.1, 0.15) is 11.1 Å². The number of benzene rings is 2. The van der Waals surface area contributed by atoms with Gasteiger partial charge in [0.1, 0.15) is 12.4 Å². The molecule has 2 rings (SSSR count). The highest BCUT2D eigenvalue weighted by Gasteiger charge is 2.05. The number of hydrogen-bond acceptors (Lipinski definition) is 3. The monoisotopic (exact) mass is 339 g/mol. The molecule has 98 valence electrons. The molecule has 0 heterocycles. The van der Waals surface area contributed by atoms with E-state index in [1.807, 2.05) is 36.4 Å². The van der Waals surface area contributed by atoms with E-state index in [0.29, 0.717) is 22.9 Å². The van der Waals surface area contributed by atoms with Crippen LogP contribution >= 0.6 is 27.5 Å². The minimum absolute atomic E-state index is 0.355. The molecule has 19 heavy (non-hydrogen) atoms. The maximum absolute atomic E-state index is 8.64. The van der Waals surface area contributed by atoms with Crippen molar-refractivity contribution in [1.82, 2.24) is 0 Å². The van der Waals surface area contributed by atoms with E-state index >= 15 is 0 Å². The van der Waals surface area contributed by atoms with E-state index in [-0.39, 0.29) is 0 Å². The normalized spacial score (nSPS) is 10.8. The van der Waals surface area contributed by atoms with Gasteiger partial charge in [-0.15, -0.1) is 0 Å². The molecular weight excluding hydrogens is 330 g/mol. The zero-order chi connectivity index (χ0) is 13.7. The van der Waals surface area contributed by atoms with Crippen LogP contribution in [-0.2, 0) is 6.61 Å². The van der Waals surface area contributed by atoms with Gasteiger partial charge in [-0.05, 0) is 24.3 Å². The lowest BCUT2D eigenvalue weighted by atomic mass is 10.2. The van der Waals surface area contributed by atoms with Gasteiger partial charge >= 0.3 is 0 Å². The second-order valence-corrected chi connectivity index (χ2v) is 5.13. The molecule has 0 spiro atoms. The van der Waals surface area contributed by atoms with Crippen molar-refractivity contribution in [1.29, 1.82) is 0 Å². The summed E-state index contributed by atoms with van der Waals surface area (Å²) < 4.78 is 6.59. The Morgan fingerprint density at radius 1 is 1.26 bits per heavy atom. The highest BCUT2D eigenvalue weighted by atomic mass is 79.9. The highest BCUT2D eigenvalue weighted by molar-refractivity contribution is 9.10. The molecule has 0 fully saturated rings. The van der Waals surface area contributed by atoms with Gasteiger partial charge in [0.25, 0.3) is 0 Å². The number of nitrogens with zero attached hydrogens (tertiary/aromatic N) is 1. The average molecular weight is 341 g/mol. The van der Waals surface area contributed by atoms with Gasteiger partial charge in [-0.25, -0.2) is 0 Å². The van der Waals surface area contributed by atoms with Crippen molar-refractivity contribution in [3.63, 3.8) is 0 Å². The lowest BCUT2D eigenvalue weighted by Crippen LogP contribution is -1.99. The first-order valence-electron chi connectivity index (χ1n) is 5.54. The third-order valence-electron chi connectivity index (χ3n) is 2.51. The topological polar surface area (TPSA) is 41.8 Å². The third kappa shape index (κ3) is 3.72. The second-order valence-electron chi connectivity index (χ2n) is 3.81. The first-order chi connectivity index (χ1) is 9.20.